The number of aromatic nitrogens is 2. The van der Waals surface area contributed by atoms with Crippen LogP contribution in [0.4, 0.5) is 17.2 Å². The van der Waals surface area contributed by atoms with Crippen LogP contribution >= 0.6 is 0 Å². The zero-order valence-corrected chi connectivity index (χ0v) is 18.8. The molecule has 0 aliphatic heterocycles. The summed E-state index contributed by atoms with van der Waals surface area (Å²) in [6.45, 7) is 1.10. The van der Waals surface area contributed by atoms with E-state index < -0.39 is 0 Å². The zero-order valence-electron chi connectivity index (χ0n) is 18.8. The highest BCUT2D eigenvalue weighted by Crippen LogP contribution is 2.22. The van der Waals surface area contributed by atoms with Gasteiger partial charge in [-0.05, 0) is 48.5 Å². The number of aliphatic imine (C=N–C) groups is 1. The molecule has 8 nitrogen and oxygen atoms in total. The van der Waals surface area contributed by atoms with Crippen LogP contribution in [0.3, 0.4) is 0 Å². The first-order valence-electron chi connectivity index (χ1n) is 10.8. The normalized spacial score (nSPS) is 11.0. The van der Waals surface area contributed by atoms with E-state index in [0.29, 0.717) is 19.0 Å². The molecule has 0 bridgehead atoms. The Labute approximate surface area is 198 Å². The van der Waals surface area contributed by atoms with Gasteiger partial charge in [-0.3, -0.25) is 0 Å². The Kier molecular flexibility index (Phi) is 7.53. The van der Waals surface area contributed by atoms with Crippen molar-refractivity contribution in [2.24, 2.45) is 10.7 Å². The fraction of sp³-hybridized carbons (Fsp3) is 0.115. The predicted octanol–water partition coefficient (Wildman–Crippen LogP) is 4.70. The maximum atomic E-state index is 6.12. The molecule has 172 valence electrons. The van der Waals surface area contributed by atoms with Crippen molar-refractivity contribution in [2.45, 2.75) is 0 Å². The van der Waals surface area contributed by atoms with Gasteiger partial charge in [0.05, 0.1) is 24.2 Å². The van der Waals surface area contributed by atoms with Gasteiger partial charge in [0, 0.05) is 12.1 Å². The number of anilines is 2. The zero-order chi connectivity index (χ0) is 23.6. The molecule has 0 saturated carbocycles. The number of methoxy groups -OCH3 is 1. The van der Waals surface area contributed by atoms with E-state index in [-0.39, 0.29) is 5.96 Å². The van der Waals surface area contributed by atoms with E-state index in [1.165, 1.54) is 0 Å². The third-order valence-corrected chi connectivity index (χ3v) is 4.89. The second kappa shape index (κ2) is 11.3. The molecule has 0 unspecified atom stereocenters. The molecule has 1 heterocycles. The predicted molar refractivity (Wildman–Crippen MR) is 136 cm³/mol. The standard InChI is InChI=1S/C26H26N6O2/c1-33-20-11-13-21(14-12-20)34-18-17-28-23-9-5-6-10-24(23)29-26(27)30-25-16-15-22(31-32-25)19-7-3-2-4-8-19/h2-16,28H,17-18H2,1H3,(H3,27,29,30,32). The lowest BCUT2D eigenvalue weighted by molar-refractivity contribution is 0.332. The molecule has 4 N–H and O–H groups in total. The van der Waals surface area contributed by atoms with Crippen molar-refractivity contribution in [3.05, 3.63) is 91.0 Å². The SMILES string of the molecule is COc1ccc(OCCNc2ccccc2NC(N)=Nc2ccc(-c3ccccc3)nn2)cc1. The molecule has 34 heavy (non-hydrogen) atoms. The minimum atomic E-state index is 0.213. The van der Waals surface area contributed by atoms with Crippen molar-refractivity contribution in [3.63, 3.8) is 0 Å². The largest absolute Gasteiger partial charge is 0.497 e. The molecule has 0 aliphatic rings. The molecule has 0 amide bonds. The molecule has 0 spiro atoms. The highest BCUT2D eigenvalue weighted by Gasteiger charge is 2.05. The molecule has 0 radical (unpaired) electrons. The van der Waals surface area contributed by atoms with Crippen LogP contribution in [0, 0.1) is 0 Å². The van der Waals surface area contributed by atoms with Gasteiger partial charge in [0.25, 0.3) is 0 Å². The monoisotopic (exact) mass is 454 g/mol. The summed E-state index contributed by atoms with van der Waals surface area (Å²) in [7, 11) is 1.64. The minimum Gasteiger partial charge on any atom is -0.497 e. The number of ether oxygens (including phenoxy) is 2. The highest BCUT2D eigenvalue weighted by molar-refractivity contribution is 5.96. The summed E-state index contributed by atoms with van der Waals surface area (Å²) in [6.07, 6.45) is 0. The molecule has 3 aromatic carbocycles. The van der Waals surface area contributed by atoms with Crippen molar-refractivity contribution in [3.8, 4) is 22.8 Å². The first-order valence-corrected chi connectivity index (χ1v) is 10.8. The summed E-state index contributed by atoms with van der Waals surface area (Å²) in [5, 5.41) is 14.9. The van der Waals surface area contributed by atoms with Crippen molar-refractivity contribution in [2.75, 3.05) is 30.9 Å². The van der Waals surface area contributed by atoms with Crippen LogP contribution in [0.2, 0.25) is 0 Å². The lowest BCUT2D eigenvalue weighted by Crippen LogP contribution is -2.23. The molecule has 4 rings (SSSR count). The molecule has 0 atom stereocenters. The molecule has 0 fully saturated rings. The molecule has 0 saturated heterocycles. The maximum Gasteiger partial charge on any atom is 0.199 e. The van der Waals surface area contributed by atoms with Crippen LogP contribution in [0.1, 0.15) is 0 Å². The van der Waals surface area contributed by atoms with Gasteiger partial charge >= 0.3 is 0 Å². The number of hydrogen-bond acceptors (Lipinski definition) is 6. The van der Waals surface area contributed by atoms with Crippen LogP contribution in [0.25, 0.3) is 11.3 Å². The topological polar surface area (TPSA) is 107 Å². The quantitative estimate of drug-likeness (QED) is 0.191. The Morgan fingerprint density at radius 3 is 2.24 bits per heavy atom. The van der Waals surface area contributed by atoms with Gasteiger partial charge in [0.1, 0.15) is 18.1 Å². The Morgan fingerprint density at radius 2 is 1.53 bits per heavy atom. The fourth-order valence-corrected chi connectivity index (χ4v) is 3.21. The molecule has 4 aromatic rings. The van der Waals surface area contributed by atoms with Crippen LogP contribution in [-0.4, -0.2) is 36.4 Å². The van der Waals surface area contributed by atoms with Gasteiger partial charge < -0.3 is 25.8 Å². The number of nitrogens with one attached hydrogen (secondary N) is 2. The summed E-state index contributed by atoms with van der Waals surface area (Å²) in [6, 6.07) is 28.7. The minimum absolute atomic E-state index is 0.213. The summed E-state index contributed by atoms with van der Waals surface area (Å²) in [5.41, 5.74) is 9.56. The van der Waals surface area contributed by atoms with Crippen LogP contribution < -0.4 is 25.8 Å². The number of para-hydroxylation sites is 2. The number of nitrogens with two attached hydrogens (primary N) is 1. The third kappa shape index (κ3) is 6.23. The van der Waals surface area contributed by atoms with Gasteiger partial charge in [0.2, 0.25) is 0 Å². The van der Waals surface area contributed by atoms with E-state index in [9.17, 15) is 0 Å². The van der Waals surface area contributed by atoms with Gasteiger partial charge in [-0.2, -0.15) is 4.99 Å². The van der Waals surface area contributed by atoms with Crippen molar-refractivity contribution in [1.29, 1.82) is 0 Å². The third-order valence-electron chi connectivity index (χ3n) is 4.89. The average molecular weight is 455 g/mol. The summed E-state index contributed by atoms with van der Waals surface area (Å²) >= 11 is 0. The van der Waals surface area contributed by atoms with E-state index in [1.54, 1.807) is 13.2 Å². The lowest BCUT2D eigenvalue weighted by Gasteiger charge is -2.14. The van der Waals surface area contributed by atoms with Crippen molar-refractivity contribution in [1.82, 2.24) is 10.2 Å². The Balaban J connectivity index is 1.33. The summed E-state index contributed by atoms with van der Waals surface area (Å²) in [4.78, 5) is 4.33. The van der Waals surface area contributed by atoms with E-state index in [0.717, 1.165) is 34.1 Å². The van der Waals surface area contributed by atoms with Crippen LogP contribution in [0.5, 0.6) is 11.5 Å². The second-order valence-electron chi connectivity index (χ2n) is 7.26. The Bertz CT molecular complexity index is 1210. The molecular formula is C26H26N6O2. The number of hydrogen-bond donors (Lipinski definition) is 3. The molecular weight excluding hydrogens is 428 g/mol. The Morgan fingerprint density at radius 1 is 0.824 bits per heavy atom. The highest BCUT2D eigenvalue weighted by atomic mass is 16.5. The smallest absolute Gasteiger partial charge is 0.199 e. The van der Waals surface area contributed by atoms with Crippen molar-refractivity contribution >= 4 is 23.2 Å². The molecule has 1 aromatic heterocycles. The lowest BCUT2D eigenvalue weighted by atomic mass is 10.1. The van der Waals surface area contributed by atoms with E-state index >= 15 is 0 Å². The number of rotatable bonds is 9. The Hall–Kier alpha value is -4.59. The molecule has 8 heteroatoms. The van der Waals surface area contributed by atoms with Crippen LogP contribution in [-0.2, 0) is 0 Å². The first kappa shape index (κ1) is 22.6. The van der Waals surface area contributed by atoms with E-state index in [1.807, 2.05) is 84.9 Å². The number of guanidine groups is 1. The fourth-order valence-electron chi connectivity index (χ4n) is 3.21. The number of benzene rings is 3. The summed E-state index contributed by atoms with van der Waals surface area (Å²) < 4.78 is 10.9. The molecule has 0 aliphatic carbocycles. The van der Waals surface area contributed by atoms with Crippen molar-refractivity contribution < 1.29 is 9.47 Å². The average Bonchev–Trinajstić information content (AvgIpc) is 2.89. The first-order chi connectivity index (χ1) is 16.7. The van der Waals surface area contributed by atoms with Crippen LogP contribution in [0.15, 0.2) is 96.0 Å². The van der Waals surface area contributed by atoms with Gasteiger partial charge in [0.15, 0.2) is 11.8 Å². The maximum absolute atomic E-state index is 6.12. The second-order valence-corrected chi connectivity index (χ2v) is 7.26. The van der Waals surface area contributed by atoms with E-state index in [2.05, 4.69) is 25.8 Å². The number of nitrogens with zero attached hydrogens (tertiary/aromatic N) is 3. The van der Waals surface area contributed by atoms with Gasteiger partial charge in [-0.1, -0.05) is 42.5 Å². The van der Waals surface area contributed by atoms with Gasteiger partial charge in [-0.25, -0.2) is 0 Å². The van der Waals surface area contributed by atoms with E-state index in [4.69, 9.17) is 15.2 Å². The van der Waals surface area contributed by atoms with Gasteiger partial charge in [-0.15, -0.1) is 10.2 Å². The summed E-state index contributed by atoms with van der Waals surface area (Å²) in [5.74, 6) is 2.21.